The molecule has 0 spiro atoms. The van der Waals surface area contributed by atoms with Gasteiger partial charge in [-0.3, -0.25) is 9.98 Å². The van der Waals surface area contributed by atoms with Crippen LogP contribution in [0.3, 0.4) is 0 Å². The highest BCUT2D eigenvalue weighted by atomic mass is 32.2. The first-order valence-corrected chi connectivity index (χ1v) is 9.94. The number of halogens is 1. The summed E-state index contributed by atoms with van der Waals surface area (Å²) in [5.41, 5.74) is 3.07. The summed E-state index contributed by atoms with van der Waals surface area (Å²) in [4.78, 5) is 12.0. The van der Waals surface area contributed by atoms with Crippen LogP contribution >= 0.6 is 11.8 Å². The average Bonchev–Trinajstić information content (AvgIpc) is 3.37. The zero-order valence-corrected chi connectivity index (χ0v) is 15.7. The molecule has 4 nitrogen and oxygen atoms in total. The lowest BCUT2D eigenvalue weighted by Crippen LogP contribution is -2.30. The van der Waals surface area contributed by atoms with Crippen LogP contribution < -0.4 is 0 Å². The number of aromatic nitrogens is 2. The Hall–Kier alpha value is -2.60. The fraction of sp³-hybridized carbons (Fsp3) is 0.238. The number of rotatable bonds is 3. The highest BCUT2D eigenvalue weighted by molar-refractivity contribution is 8.14. The van der Waals surface area contributed by atoms with Gasteiger partial charge in [0.05, 0.1) is 11.7 Å². The number of pyridine rings is 1. The number of amidine groups is 1. The third kappa shape index (κ3) is 2.84. The van der Waals surface area contributed by atoms with Gasteiger partial charge in [0.15, 0.2) is 5.17 Å². The molecule has 1 aromatic carbocycles. The molecule has 136 valence electrons. The number of aliphatic imine (C=N–C) groups is 1. The van der Waals surface area contributed by atoms with E-state index in [4.69, 9.17) is 4.99 Å². The van der Waals surface area contributed by atoms with Crippen molar-refractivity contribution in [1.29, 1.82) is 0 Å². The fourth-order valence-electron chi connectivity index (χ4n) is 3.91. The molecule has 5 rings (SSSR count). The van der Waals surface area contributed by atoms with Crippen molar-refractivity contribution in [2.45, 2.75) is 24.3 Å². The maximum atomic E-state index is 13.4. The van der Waals surface area contributed by atoms with Gasteiger partial charge in [-0.25, -0.2) is 4.39 Å². The zero-order valence-electron chi connectivity index (χ0n) is 14.9. The molecule has 4 heterocycles. The first-order valence-electron chi connectivity index (χ1n) is 9.06. The molecule has 0 bridgehead atoms. The molecular formula is C21H19FN4S. The first-order chi connectivity index (χ1) is 13.2. The van der Waals surface area contributed by atoms with Gasteiger partial charge in [-0.05, 0) is 48.5 Å². The van der Waals surface area contributed by atoms with Crippen LogP contribution in [0, 0.1) is 5.82 Å². The van der Waals surface area contributed by atoms with Gasteiger partial charge in [-0.1, -0.05) is 24.8 Å². The highest BCUT2D eigenvalue weighted by Gasteiger charge is 2.44. The van der Waals surface area contributed by atoms with Gasteiger partial charge in [0.1, 0.15) is 11.9 Å². The molecule has 0 aliphatic carbocycles. The monoisotopic (exact) mass is 378 g/mol. The molecule has 1 saturated heterocycles. The van der Waals surface area contributed by atoms with E-state index in [9.17, 15) is 4.39 Å². The lowest BCUT2D eigenvalue weighted by Gasteiger charge is -2.28. The van der Waals surface area contributed by atoms with Gasteiger partial charge in [-0.2, -0.15) is 0 Å². The van der Waals surface area contributed by atoms with Crippen molar-refractivity contribution in [3.8, 4) is 5.69 Å². The summed E-state index contributed by atoms with van der Waals surface area (Å²) in [5.74, 6) is -0.227. The highest BCUT2D eigenvalue weighted by Crippen LogP contribution is 2.47. The lowest BCUT2D eigenvalue weighted by molar-refractivity contribution is 0.312. The normalized spacial score (nSPS) is 24.1. The molecule has 3 aromatic rings. The summed E-state index contributed by atoms with van der Waals surface area (Å²) >= 11 is 1.83. The van der Waals surface area contributed by atoms with E-state index >= 15 is 0 Å². The minimum Gasteiger partial charge on any atom is -0.339 e. The smallest absolute Gasteiger partial charge is 0.160 e. The number of hydrogen-bond acceptors (Lipinski definition) is 4. The van der Waals surface area contributed by atoms with Crippen LogP contribution in [0.15, 0.2) is 72.0 Å². The van der Waals surface area contributed by atoms with Crippen molar-refractivity contribution in [1.82, 2.24) is 14.5 Å². The molecule has 1 fully saturated rings. The third-order valence-corrected chi connectivity index (χ3v) is 6.17. The molecule has 27 heavy (non-hydrogen) atoms. The van der Waals surface area contributed by atoms with Crippen molar-refractivity contribution < 1.29 is 4.39 Å². The van der Waals surface area contributed by atoms with Gasteiger partial charge in [-0.15, -0.1) is 0 Å². The third-order valence-electron chi connectivity index (χ3n) is 5.07. The van der Waals surface area contributed by atoms with Crippen molar-refractivity contribution in [3.63, 3.8) is 0 Å². The standard InChI is InChI=1S/C21H19FN4S/c1-14-13-26-20(19(24-21(26)27-14)17-5-2-3-11-23-17)18-6-4-12-25(18)16-9-7-15(22)8-10-16/h2-12,14,19-20H,13H2,1H3/t14-,19-,20-/m0/s1. The van der Waals surface area contributed by atoms with E-state index in [1.165, 1.54) is 12.1 Å². The number of hydrogen-bond donors (Lipinski definition) is 0. The van der Waals surface area contributed by atoms with Crippen molar-refractivity contribution >= 4 is 16.9 Å². The lowest BCUT2D eigenvalue weighted by atomic mass is 10.0. The van der Waals surface area contributed by atoms with Crippen LogP contribution in [-0.2, 0) is 0 Å². The van der Waals surface area contributed by atoms with Crippen LogP contribution in [-0.4, -0.2) is 31.4 Å². The quantitative estimate of drug-likeness (QED) is 0.668. The van der Waals surface area contributed by atoms with E-state index in [0.717, 1.165) is 28.8 Å². The molecule has 3 atom stereocenters. The van der Waals surface area contributed by atoms with Gasteiger partial charge in [0.2, 0.25) is 0 Å². The molecule has 0 saturated carbocycles. The van der Waals surface area contributed by atoms with Crippen molar-refractivity contribution in [2.75, 3.05) is 6.54 Å². The Morgan fingerprint density at radius 1 is 1.07 bits per heavy atom. The van der Waals surface area contributed by atoms with Crippen molar-refractivity contribution in [3.05, 3.63) is 84.2 Å². The van der Waals surface area contributed by atoms with E-state index in [-0.39, 0.29) is 17.9 Å². The maximum Gasteiger partial charge on any atom is 0.160 e. The van der Waals surface area contributed by atoms with Gasteiger partial charge >= 0.3 is 0 Å². The maximum absolute atomic E-state index is 13.4. The Morgan fingerprint density at radius 3 is 2.70 bits per heavy atom. The topological polar surface area (TPSA) is 33.4 Å². The second-order valence-electron chi connectivity index (χ2n) is 6.92. The van der Waals surface area contributed by atoms with Crippen LogP contribution in [0.2, 0.25) is 0 Å². The summed E-state index contributed by atoms with van der Waals surface area (Å²) in [6.45, 7) is 3.20. The van der Waals surface area contributed by atoms with Gasteiger partial charge in [0.25, 0.3) is 0 Å². The van der Waals surface area contributed by atoms with E-state index in [1.54, 1.807) is 0 Å². The fourth-order valence-corrected chi connectivity index (χ4v) is 5.00. The number of fused-ring (bicyclic) bond motifs is 1. The van der Waals surface area contributed by atoms with Crippen molar-refractivity contribution in [2.24, 2.45) is 4.99 Å². The summed E-state index contributed by atoms with van der Waals surface area (Å²) in [5, 5.41) is 1.61. The molecule has 0 N–H and O–H groups in total. The SMILES string of the molecule is C[C@H]1CN2C(=N[C@@H](c3ccccn3)[C@@H]2c2cccn2-c2ccc(F)cc2)S1. The molecule has 6 heteroatoms. The molecule has 0 amide bonds. The summed E-state index contributed by atoms with van der Waals surface area (Å²) in [7, 11) is 0. The predicted molar refractivity (Wildman–Crippen MR) is 107 cm³/mol. The second-order valence-corrected chi connectivity index (χ2v) is 8.32. The van der Waals surface area contributed by atoms with E-state index in [0.29, 0.717) is 5.25 Å². The molecule has 2 aliphatic rings. The van der Waals surface area contributed by atoms with Crippen LogP contribution in [0.25, 0.3) is 5.69 Å². The molecule has 0 radical (unpaired) electrons. The summed E-state index contributed by atoms with van der Waals surface area (Å²) in [6, 6.07) is 16.8. The molecule has 0 unspecified atom stereocenters. The number of thioether (sulfide) groups is 1. The second kappa shape index (κ2) is 6.53. The van der Waals surface area contributed by atoms with Crippen LogP contribution in [0.4, 0.5) is 4.39 Å². The van der Waals surface area contributed by atoms with E-state index < -0.39 is 0 Å². The average molecular weight is 378 g/mol. The predicted octanol–water partition coefficient (Wildman–Crippen LogP) is 4.60. The van der Waals surface area contributed by atoms with E-state index in [2.05, 4.69) is 27.4 Å². The Morgan fingerprint density at radius 2 is 1.93 bits per heavy atom. The van der Waals surface area contributed by atoms with E-state index in [1.807, 2.05) is 60.6 Å². The molecular weight excluding hydrogens is 359 g/mol. The first kappa shape index (κ1) is 16.6. The van der Waals surface area contributed by atoms with Crippen LogP contribution in [0.5, 0.6) is 0 Å². The largest absolute Gasteiger partial charge is 0.339 e. The van der Waals surface area contributed by atoms with Crippen LogP contribution in [0.1, 0.15) is 30.4 Å². The van der Waals surface area contributed by atoms with Gasteiger partial charge < -0.3 is 9.47 Å². The summed E-state index contributed by atoms with van der Waals surface area (Å²) in [6.07, 6.45) is 3.85. The minimum absolute atomic E-state index is 0.0460. The number of benzene rings is 1. The Labute approximate surface area is 161 Å². The van der Waals surface area contributed by atoms with Gasteiger partial charge in [0, 0.05) is 35.6 Å². The Kier molecular flexibility index (Phi) is 4.01. The molecule has 2 aromatic heterocycles. The summed E-state index contributed by atoms with van der Waals surface area (Å²) < 4.78 is 15.5. The molecule has 2 aliphatic heterocycles. The Bertz CT molecular complexity index is 983. The Balaban J connectivity index is 1.60. The zero-order chi connectivity index (χ0) is 18.4. The number of nitrogens with zero attached hydrogens (tertiary/aromatic N) is 4. The minimum atomic E-state index is -0.227.